The number of anilines is 1. The lowest BCUT2D eigenvalue weighted by atomic mass is 10.1. The lowest BCUT2D eigenvalue weighted by molar-refractivity contribution is 0.104. The Labute approximate surface area is 166 Å². The number of rotatable bonds is 4. The number of hydrogen-bond acceptors (Lipinski definition) is 6. The van der Waals surface area contributed by atoms with Crippen LogP contribution in [-0.4, -0.2) is 28.4 Å². The first kappa shape index (κ1) is 19.5. The summed E-state index contributed by atoms with van der Waals surface area (Å²) in [6, 6.07) is 7.14. The van der Waals surface area contributed by atoms with Gasteiger partial charge in [-0.05, 0) is 37.3 Å². The number of allylic oxidation sites excluding steroid dienone is 2. The second-order valence-corrected chi connectivity index (χ2v) is 8.36. The summed E-state index contributed by atoms with van der Waals surface area (Å²) in [5.41, 5.74) is 0.466. The van der Waals surface area contributed by atoms with Gasteiger partial charge in [0.2, 0.25) is 15.6 Å². The molecule has 0 radical (unpaired) electrons. The van der Waals surface area contributed by atoms with Crippen molar-refractivity contribution in [2.45, 2.75) is 11.8 Å². The zero-order valence-electron chi connectivity index (χ0n) is 14.6. The number of benzene rings is 2. The van der Waals surface area contributed by atoms with E-state index in [1.807, 2.05) is 0 Å². The molecule has 0 aliphatic carbocycles. The predicted molar refractivity (Wildman–Crippen MR) is 104 cm³/mol. The van der Waals surface area contributed by atoms with Crippen molar-refractivity contribution < 1.29 is 22.7 Å². The average molecular weight is 428 g/mol. The molecule has 1 aliphatic heterocycles. The highest BCUT2D eigenvalue weighted by Gasteiger charge is 2.37. The molecule has 0 atom stereocenters. The summed E-state index contributed by atoms with van der Waals surface area (Å²) < 4.78 is 36.5. The number of methoxy groups -OCH3 is 2. The molecule has 0 saturated carbocycles. The van der Waals surface area contributed by atoms with E-state index in [-0.39, 0.29) is 36.8 Å². The molecule has 1 heterocycles. The molecule has 9 heteroatoms. The van der Waals surface area contributed by atoms with E-state index in [0.29, 0.717) is 11.5 Å². The molecule has 2 aromatic rings. The normalized spacial score (nSPS) is 15.0. The van der Waals surface area contributed by atoms with Crippen LogP contribution in [0.1, 0.15) is 17.3 Å². The van der Waals surface area contributed by atoms with Gasteiger partial charge in [-0.25, -0.2) is 8.42 Å². The third-order valence-corrected chi connectivity index (χ3v) is 6.87. The van der Waals surface area contributed by atoms with Crippen molar-refractivity contribution >= 4 is 44.5 Å². The van der Waals surface area contributed by atoms with Gasteiger partial charge in [-0.2, -0.15) is 0 Å². The van der Waals surface area contributed by atoms with Crippen LogP contribution < -0.4 is 14.8 Å². The quantitative estimate of drug-likeness (QED) is 0.731. The molecular weight excluding hydrogens is 413 g/mol. The van der Waals surface area contributed by atoms with Crippen LogP contribution in [0.3, 0.4) is 0 Å². The Balaban J connectivity index is 2.15. The topological polar surface area (TPSA) is 81.7 Å². The summed E-state index contributed by atoms with van der Waals surface area (Å²) in [6.07, 6.45) is 0. The smallest absolute Gasteiger partial charge is 0.214 e. The van der Waals surface area contributed by atoms with Crippen molar-refractivity contribution in [1.29, 1.82) is 0 Å². The van der Waals surface area contributed by atoms with Crippen molar-refractivity contribution in [2.75, 3.05) is 19.5 Å². The van der Waals surface area contributed by atoms with E-state index in [4.69, 9.17) is 32.7 Å². The Morgan fingerprint density at radius 2 is 1.70 bits per heavy atom. The molecule has 0 unspecified atom stereocenters. The van der Waals surface area contributed by atoms with Gasteiger partial charge in [-0.15, -0.1) is 0 Å². The van der Waals surface area contributed by atoms with Crippen LogP contribution in [0.5, 0.6) is 11.5 Å². The molecular formula is C18H15Cl2NO5S. The highest BCUT2D eigenvalue weighted by molar-refractivity contribution is 7.96. The van der Waals surface area contributed by atoms with Crippen LogP contribution in [0.2, 0.25) is 10.0 Å². The van der Waals surface area contributed by atoms with Gasteiger partial charge in [0.25, 0.3) is 0 Å². The summed E-state index contributed by atoms with van der Waals surface area (Å²) in [4.78, 5) is 12.6. The van der Waals surface area contributed by atoms with Crippen LogP contribution in [-0.2, 0) is 9.84 Å². The number of ether oxygens (including phenoxy) is 2. The summed E-state index contributed by atoms with van der Waals surface area (Å²) in [6.45, 7) is 1.49. The number of carbonyl (C=O) groups excluding carboxylic acids is 1. The first-order chi connectivity index (χ1) is 12.7. The third kappa shape index (κ3) is 3.16. The monoisotopic (exact) mass is 427 g/mol. The van der Waals surface area contributed by atoms with Gasteiger partial charge in [-0.3, -0.25) is 4.79 Å². The molecule has 0 saturated heterocycles. The number of carbonyl (C=O) groups is 1. The van der Waals surface area contributed by atoms with Crippen LogP contribution in [0.25, 0.3) is 0 Å². The molecule has 0 amide bonds. The molecule has 2 aromatic carbocycles. The Morgan fingerprint density at radius 1 is 1.04 bits per heavy atom. The van der Waals surface area contributed by atoms with E-state index in [1.54, 1.807) is 0 Å². The molecule has 0 bridgehead atoms. The molecule has 1 N–H and O–H groups in total. The molecule has 0 spiro atoms. The van der Waals surface area contributed by atoms with Crippen molar-refractivity contribution in [2.24, 2.45) is 0 Å². The van der Waals surface area contributed by atoms with Crippen molar-refractivity contribution in [3.63, 3.8) is 0 Å². The van der Waals surface area contributed by atoms with E-state index in [9.17, 15) is 13.2 Å². The summed E-state index contributed by atoms with van der Waals surface area (Å²) >= 11 is 12.1. The number of fused-ring (bicyclic) bond motifs is 1. The third-order valence-electron chi connectivity index (χ3n) is 4.12. The van der Waals surface area contributed by atoms with Gasteiger partial charge < -0.3 is 14.8 Å². The van der Waals surface area contributed by atoms with Gasteiger partial charge >= 0.3 is 0 Å². The number of ketones is 1. The highest BCUT2D eigenvalue weighted by atomic mass is 35.5. The van der Waals surface area contributed by atoms with Gasteiger partial charge in [0.05, 0.1) is 34.8 Å². The highest BCUT2D eigenvalue weighted by Crippen LogP contribution is 2.43. The molecule has 0 fully saturated rings. The lowest BCUT2D eigenvalue weighted by Crippen LogP contribution is -2.24. The van der Waals surface area contributed by atoms with E-state index < -0.39 is 15.6 Å². The maximum atomic E-state index is 13.1. The molecule has 27 heavy (non-hydrogen) atoms. The molecule has 6 nitrogen and oxygen atoms in total. The minimum Gasteiger partial charge on any atom is -0.493 e. The second kappa shape index (κ2) is 7.07. The van der Waals surface area contributed by atoms with Crippen molar-refractivity contribution in [3.8, 4) is 11.5 Å². The molecule has 1 aliphatic rings. The van der Waals surface area contributed by atoms with E-state index in [1.165, 1.54) is 51.5 Å². The standard InChI is InChI=1S/C18H15Cl2NO5S/c1-9-18(17(22)10-4-6-12(25-2)13(8-10)26-3)27(23,24)14-7-5-11(19)15(20)16(14)21-9/h4-8,21H,1-3H3. The number of nitrogens with one attached hydrogen (secondary N) is 1. The van der Waals surface area contributed by atoms with Crippen LogP contribution in [0, 0.1) is 0 Å². The van der Waals surface area contributed by atoms with Gasteiger partial charge in [0.15, 0.2) is 11.5 Å². The summed E-state index contributed by atoms with van der Waals surface area (Å²) in [7, 11) is -1.21. The Hall–Kier alpha value is -2.22. The number of sulfone groups is 1. The minimum atomic E-state index is -4.10. The van der Waals surface area contributed by atoms with Crippen molar-refractivity contribution in [3.05, 3.63) is 56.5 Å². The van der Waals surface area contributed by atoms with Crippen molar-refractivity contribution in [1.82, 2.24) is 0 Å². The predicted octanol–water partition coefficient (Wildman–Crippen LogP) is 4.32. The lowest BCUT2D eigenvalue weighted by Gasteiger charge is -2.23. The molecule has 0 aromatic heterocycles. The molecule has 3 rings (SSSR count). The second-order valence-electron chi connectivity index (χ2n) is 5.72. The fourth-order valence-electron chi connectivity index (χ4n) is 2.83. The largest absolute Gasteiger partial charge is 0.493 e. The average Bonchev–Trinajstić information content (AvgIpc) is 2.63. The van der Waals surface area contributed by atoms with E-state index in [0.717, 1.165) is 0 Å². The maximum absolute atomic E-state index is 13.1. The SMILES string of the molecule is COc1ccc(C(=O)C2=C(C)Nc3c(ccc(Cl)c3Cl)S2(=O)=O)cc1OC. The summed E-state index contributed by atoms with van der Waals surface area (Å²) in [5, 5.41) is 3.17. The minimum absolute atomic E-state index is 0.0784. The van der Waals surface area contributed by atoms with Crippen LogP contribution in [0.4, 0.5) is 5.69 Å². The summed E-state index contributed by atoms with van der Waals surface area (Å²) in [5.74, 6) is 0.0758. The molecule has 142 valence electrons. The first-order valence-corrected chi connectivity index (χ1v) is 9.94. The first-order valence-electron chi connectivity index (χ1n) is 7.70. The zero-order chi connectivity index (χ0) is 19.9. The number of Topliss-reactive ketones (excluding diaryl/α,β-unsaturated/α-hetero) is 1. The maximum Gasteiger partial charge on any atom is 0.214 e. The fourth-order valence-corrected chi connectivity index (χ4v) is 4.96. The van der Waals surface area contributed by atoms with Gasteiger partial charge in [0.1, 0.15) is 4.91 Å². The Bertz CT molecular complexity index is 1090. The van der Waals surface area contributed by atoms with E-state index >= 15 is 0 Å². The fraction of sp³-hybridized carbons (Fsp3) is 0.167. The van der Waals surface area contributed by atoms with Gasteiger partial charge in [-0.1, -0.05) is 23.2 Å². The van der Waals surface area contributed by atoms with Crippen LogP contribution in [0.15, 0.2) is 45.8 Å². The Kier molecular flexibility index (Phi) is 5.12. The van der Waals surface area contributed by atoms with Gasteiger partial charge in [0, 0.05) is 11.3 Å². The zero-order valence-corrected chi connectivity index (χ0v) is 16.9. The van der Waals surface area contributed by atoms with Crippen LogP contribution >= 0.6 is 23.2 Å². The number of hydrogen-bond donors (Lipinski definition) is 1. The van der Waals surface area contributed by atoms with E-state index in [2.05, 4.69) is 5.32 Å². The Morgan fingerprint density at radius 3 is 2.33 bits per heavy atom. The number of halogens is 2.